The molecule has 1 saturated carbocycles. The Bertz CT molecular complexity index is 613. The van der Waals surface area contributed by atoms with E-state index in [0.717, 1.165) is 31.8 Å². The van der Waals surface area contributed by atoms with E-state index in [1.54, 1.807) is 0 Å². The molecule has 4 heteroatoms. The van der Waals surface area contributed by atoms with Crippen LogP contribution in [0.25, 0.3) is 0 Å². The molecule has 0 N–H and O–H groups in total. The fraction of sp³-hybridized carbons (Fsp3) is 0.739. The first-order valence-electron chi connectivity index (χ1n) is 11.1. The summed E-state index contributed by atoms with van der Waals surface area (Å²) < 4.78 is 0. The van der Waals surface area contributed by atoms with Crippen LogP contribution in [0.2, 0.25) is 0 Å². The van der Waals surface area contributed by atoms with E-state index in [9.17, 15) is 4.79 Å². The van der Waals surface area contributed by atoms with Gasteiger partial charge in [0.25, 0.3) is 0 Å². The second kappa shape index (κ2) is 8.72. The van der Waals surface area contributed by atoms with Gasteiger partial charge in [-0.25, -0.2) is 0 Å². The molecule has 0 aromatic carbocycles. The van der Waals surface area contributed by atoms with E-state index in [2.05, 4.69) is 14.8 Å². The highest BCUT2D eigenvalue weighted by Gasteiger charge is 2.41. The van der Waals surface area contributed by atoms with Crippen LogP contribution in [0.4, 0.5) is 0 Å². The summed E-state index contributed by atoms with van der Waals surface area (Å²) in [7, 11) is 0. The molecule has 2 saturated heterocycles. The molecular weight excluding hydrogens is 334 g/mol. The summed E-state index contributed by atoms with van der Waals surface area (Å²) in [4.78, 5) is 21.4. The van der Waals surface area contributed by atoms with Crippen LogP contribution in [-0.4, -0.2) is 46.9 Å². The normalized spacial score (nSPS) is 27.6. The third-order valence-corrected chi connectivity index (χ3v) is 7.17. The SMILES string of the molecule is O=C1CCC2(CCCN(CCCC3CCCC3)C2)CN1Cc1ccncc1. The quantitative estimate of drug-likeness (QED) is 0.752. The van der Waals surface area contributed by atoms with Crippen molar-refractivity contribution >= 4 is 5.91 Å². The van der Waals surface area contributed by atoms with Gasteiger partial charge in [0.1, 0.15) is 0 Å². The van der Waals surface area contributed by atoms with Gasteiger partial charge in [-0.3, -0.25) is 9.78 Å². The molecule has 0 bridgehead atoms. The molecule has 3 aliphatic rings. The lowest BCUT2D eigenvalue weighted by molar-refractivity contribution is -0.140. The first-order valence-corrected chi connectivity index (χ1v) is 11.1. The lowest BCUT2D eigenvalue weighted by Crippen LogP contribution is -2.53. The number of aromatic nitrogens is 1. The molecule has 3 fully saturated rings. The lowest BCUT2D eigenvalue weighted by Gasteiger charge is -2.48. The van der Waals surface area contributed by atoms with Crippen molar-refractivity contribution in [1.82, 2.24) is 14.8 Å². The van der Waals surface area contributed by atoms with E-state index in [1.165, 1.54) is 76.6 Å². The van der Waals surface area contributed by atoms with Crippen LogP contribution in [0.15, 0.2) is 24.5 Å². The van der Waals surface area contributed by atoms with Gasteiger partial charge in [-0.2, -0.15) is 0 Å². The average Bonchev–Trinajstić information content (AvgIpc) is 3.20. The summed E-state index contributed by atoms with van der Waals surface area (Å²) in [6.07, 6.45) is 16.7. The van der Waals surface area contributed by atoms with E-state index < -0.39 is 0 Å². The van der Waals surface area contributed by atoms with Crippen molar-refractivity contribution in [2.45, 2.75) is 70.8 Å². The number of piperidine rings is 2. The van der Waals surface area contributed by atoms with E-state index in [4.69, 9.17) is 0 Å². The molecule has 2 aliphatic heterocycles. The third kappa shape index (κ3) is 4.90. The Morgan fingerprint density at radius 3 is 2.70 bits per heavy atom. The predicted molar refractivity (Wildman–Crippen MR) is 108 cm³/mol. The molecule has 1 aliphatic carbocycles. The Labute approximate surface area is 164 Å². The van der Waals surface area contributed by atoms with Gasteiger partial charge < -0.3 is 9.80 Å². The fourth-order valence-electron chi connectivity index (χ4n) is 5.69. The highest BCUT2D eigenvalue weighted by molar-refractivity contribution is 5.77. The average molecular weight is 370 g/mol. The van der Waals surface area contributed by atoms with Gasteiger partial charge in [-0.05, 0) is 68.8 Å². The first-order chi connectivity index (χ1) is 13.2. The van der Waals surface area contributed by atoms with Gasteiger partial charge >= 0.3 is 0 Å². The Balaban J connectivity index is 1.31. The molecule has 148 valence electrons. The standard InChI is InChI=1S/C23H35N3O/c27-22-8-12-23(19-26(22)17-21-9-13-24-14-10-21)11-4-16-25(18-23)15-3-7-20-5-1-2-6-20/h9-10,13-14,20H,1-8,11-12,15-19H2. The maximum atomic E-state index is 12.5. The number of amides is 1. The van der Waals surface area contributed by atoms with Crippen LogP contribution in [0.1, 0.15) is 69.8 Å². The van der Waals surface area contributed by atoms with Crippen molar-refractivity contribution in [3.05, 3.63) is 30.1 Å². The maximum absolute atomic E-state index is 12.5. The molecule has 4 rings (SSSR count). The predicted octanol–water partition coefficient (Wildman–Crippen LogP) is 4.26. The highest BCUT2D eigenvalue weighted by atomic mass is 16.2. The third-order valence-electron chi connectivity index (χ3n) is 7.17. The van der Waals surface area contributed by atoms with Crippen molar-refractivity contribution in [2.24, 2.45) is 11.3 Å². The van der Waals surface area contributed by atoms with Crippen LogP contribution in [0.5, 0.6) is 0 Å². The number of pyridine rings is 1. The molecule has 27 heavy (non-hydrogen) atoms. The second-order valence-corrected chi connectivity index (χ2v) is 9.28. The highest BCUT2D eigenvalue weighted by Crippen LogP contribution is 2.39. The largest absolute Gasteiger partial charge is 0.338 e. The molecule has 1 atom stereocenters. The lowest BCUT2D eigenvalue weighted by atomic mass is 9.73. The topological polar surface area (TPSA) is 36.4 Å². The van der Waals surface area contributed by atoms with Crippen LogP contribution >= 0.6 is 0 Å². The van der Waals surface area contributed by atoms with Gasteiger partial charge in [0.2, 0.25) is 5.91 Å². The molecule has 1 aromatic heterocycles. The van der Waals surface area contributed by atoms with Crippen LogP contribution in [0, 0.1) is 11.3 Å². The molecule has 1 amide bonds. The molecule has 1 unspecified atom stereocenters. The monoisotopic (exact) mass is 369 g/mol. The van der Waals surface area contributed by atoms with Crippen molar-refractivity contribution < 1.29 is 4.79 Å². The number of carbonyl (C=O) groups is 1. The van der Waals surface area contributed by atoms with Gasteiger partial charge in [0, 0.05) is 43.9 Å². The number of likely N-dealkylation sites (tertiary alicyclic amines) is 2. The van der Waals surface area contributed by atoms with Crippen LogP contribution < -0.4 is 0 Å². The maximum Gasteiger partial charge on any atom is 0.222 e. The zero-order valence-electron chi connectivity index (χ0n) is 16.7. The Kier molecular flexibility index (Phi) is 6.11. The van der Waals surface area contributed by atoms with E-state index in [1.807, 2.05) is 24.5 Å². The van der Waals surface area contributed by atoms with Crippen LogP contribution in [-0.2, 0) is 11.3 Å². The van der Waals surface area contributed by atoms with Crippen molar-refractivity contribution in [2.75, 3.05) is 26.2 Å². The number of hydrogen-bond acceptors (Lipinski definition) is 3. The van der Waals surface area contributed by atoms with Gasteiger partial charge in [-0.15, -0.1) is 0 Å². The Morgan fingerprint density at radius 1 is 1.07 bits per heavy atom. The summed E-state index contributed by atoms with van der Waals surface area (Å²) in [6.45, 7) is 5.39. The second-order valence-electron chi connectivity index (χ2n) is 9.28. The van der Waals surface area contributed by atoms with Gasteiger partial charge in [0.05, 0.1) is 0 Å². The van der Waals surface area contributed by atoms with E-state index in [0.29, 0.717) is 11.3 Å². The molecule has 4 nitrogen and oxygen atoms in total. The fourth-order valence-corrected chi connectivity index (χ4v) is 5.69. The summed E-state index contributed by atoms with van der Waals surface area (Å²) in [5, 5.41) is 0. The smallest absolute Gasteiger partial charge is 0.222 e. The number of rotatable bonds is 6. The number of hydrogen-bond donors (Lipinski definition) is 0. The van der Waals surface area contributed by atoms with E-state index >= 15 is 0 Å². The number of carbonyl (C=O) groups excluding carboxylic acids is 1. The van der Waals surface area contributed by atoms with Crippen molar-refractivity contribution in [3.8, 4) is 0 Å². The minimum Gasteiger partial charge on any atom is -0.338 e. The minimum absolute atomic E-state index is 0.326. The summed E-state index contributed by atoms with van der Waals surface area (Å²) in [5.74, 6) is 1.34. The Morgan fingerprint density at radius 2 is 1.89 bits per heavy atom. The summed E-state index contributed by atoms with van der Waals surface area (Å²) in [5.41, 5.74) is 1.52. The van der Waals surface area contributed by atoms with Crippen molar-refractivity contribution in [3.63, 3.8) is 0 Å². The first kappa shape index (κ1) is 18.9. The van der Waals surface area contributed by atoms with E-state index in [-0.39, 0.29) is 0 Å². The minimum atomic E-state index is 0.326. The van der Waals surface area contributed by atoms with Crippen molar-refractivity contribution in [1.29, 1.82) is 0 Å². The van der Waals surface area contributed by atoms with Gasteiger partial charge in [0.15, 0.2) is 0 Å². The Hall–Kier alpha value is -1.42. The molecular formula is C23H35N3O. The molecule has 1 spiro atoms. The number of nitrogens with zero attached hydrogens (tertiary/aromatic N) is 3. The molecule has 0 radical (unpaired) electrons. The molecule has 3 heterocycles. The summed E-state index contributed by atoms with van der Waals surface area (Å²) >= 11 is 0. The summed E-state index contributed by atoms with van der Waals surface area (Å²) in [6, 6.07) is 4.06. The zero-order valence-corrected chi connectivity index (χ0v) is 16.7. The van der Waals surface area contributed by atoms with Gasteiger partial charge in [-0.1, -0.05) is 25.7 Å². The van der Waals surface area contributed by atoms with Crippen LogP contribution in [0.3, 0.4) is 0 Å². The zero-order chi connectivity index (χ0) is 18.5. The molecule has 1 aromatic rings.